The summed E-state index contributed by atoms with van der Waals surface area (Å²) in [7, 11) is 0. The first-order valence-electron chi connectivity index (χ1n) is 3.06. The molecule has 0 aliphatic carbocycles. The smallest absolute Gasteiger partial charge is 0.287 e. The van der Waals surface area contributed by atoms with Crippen molar-refractivity contribution in [2.24, 2.45) is 5.73 Å². The zero-order chi connectivity index (χ0) is 9.14. The van der Waals surface area contributed by atoms with Gasteiger partial charge in [-0.25, -0.2) is 4.98 Å². The highest BCUT2D eigenvalue weighted by Gasteiger charge is 2.05. The van der Waals surface area contributed by atoms with Crippen molar-refractivity contribution >= 4 is 23.9 Å². The number of nitrogen functional groups attached to an aromatic ring is 1. The minimum atomic E-state index is -0.559. The van der Waals surface area contributed by atoms with Crippen molar-refractivity contribution in [3.8, 4) is 0 Å². The Kier molecular flexibility index (Phi) is 3.80. The maximum Gasteiger partial charge on any atom is 0.287 e. The molecule has 0 aliphatic rings. The molecule has 0 spiro atoms. The van der Waals surface area contributed by atoms with E-state index in [1.165, 1.54) is 12.1 Å². The van der Waals surface area contributed by atoms with Crippen LogP contribution >= 0.6 is 12.4 Å². The Balaban J connectivity index is 0.00000144. The maximum absolute atomic E-state index is 10.2. The van der Waals surface area contributed by atoms with Gasteiger partial charge in [-0.15, -0.1) is 12.4 Å². The molecule has 0 aromatic carbocycles. The van der Waals surface area contributed by atoms with E-state index in [9.17, 15) is 10.1 Å². The lowest BCUT2D eigenvalue weighted by molar-refractivity contribution is -0.385. The average Bonchev–Trinajstić information content (AvgIpc) is 2.04. The molecule has 0 bridgehead atoms. The van der Waals surface area contributed by atoms with Crippen LogP contribution in [0.1, 0.15) is 5.69 Å². The molecule has 1 heterocycles. The lowest BCUT2D eigenvalue weighted by Gasteiger charge is -1.94. The number of aromatic nitrogens is 1. The summed E-state index contributed by atoms with van der Waals surface area (Å²) in [5.74, 6) is -0.204. The van der Waals surface area contributed by atoms with Gasteiger partial charge in [0.1, 0.15) is 17.7 Å². The van der Waals surface area contributed by atoms with Crippen molar-refractivity contribution < 1.29 is 4.92 Å². The van der Waals surface area contributed by atoms with Gasteiger partial charge < -0.3 is 5.73 Å². The van der Waals surface area contributed by atoms with E-state index in [-0.39, 0.29) is 29.6 Å². The molecule has 0 saturated carbocycles. The maximum atomic E-state index is 10.2. The van der Waals surface area contributed by atoms with Gasteiger partial charge in [-0.3, -0.25) is 15.5 Å². The third kappa shape index (κ3) is 2.68. The van der Waals surface area contributed by atoms with E-state index in [0.717, 1.165) is 6.20 Å². The summed E-state index contributed by atoms with van der Waals surface area (Å²) in [5.41, 5.74) is 5.22. The van der Waals surface area contributed by atoms with Gasteiger partial charge >= 0.3 is 0 Å². The number of halogens is 1. The Morgan fingerprint density at radius 3 is 2.54 bits per heavy atom. The van der Waals surface area contributed by atoms with Crippen molar-refractivity contribution in [2.75, 3.05) is 0 Å². The molecule has 1 rings (SSSR count). The van der Waals surface area contributed by atoms with Crippen LogP contribution in [0.2, 0.25) is 0 Å². The van der Waals surface area contributed by atoms with E-state index in [4.69, 9.17) is 11.1 Å². The van der Waals surface area contributed by atoms with E-state index in [1.807, 2.05) is 0 Å². The largest absolute Gasteiger partial charge is 0.382 e. The second kappa shape index (κ2) is 4.36. The first kappa shape index (κ1) is 11.3. The minimum Gasteiger partial charge on any atom is -0.382 e. The highest BCUT2D eigenvalue weighted by Crippen LogP contribution is 2.07. The summed E-state index contributed by atoms with van der Waals surface area (Å²) >= 11 is 0. The summed E-state index contributed by atoms with van der Waals surface area (Å²) in [6, 6.07) is 2.59. The first-order chi connectivity index (χ1) is 5.61. The topological polar surface area (TPSA) is 106 Å². The standard InChI is InChI=1S/C6H6N4O2.ClH/c7-6(8)5-2-1-4(3-9-5)10(11)12;/h1-3H,(H3,7,8);1H. The molecular weight excluding hydrogens is 196 g/mol. The lowest BCUT2D eigenvalue weighted by Crippen LogP contribution is -2.12. The molecule has 0 fully saturated rings. The van der Waals surface area contributed by atoms with Gasteiger partial charge in [-0.05, 0) is 6.07 Å². The number of nitrogens with one attached hydrogen (secondary N) is 1. The fourth-order valence-corrected chi connectivity index (χ4v) is 0.653. The first-order valence-corrected chi connectivity index (χ1v) is 3.06. The molecule has 0 aliphatic heterocycles. The molecule has 0 atom stereocenters. The molecule has 7 heteroatoms. The third-order valence-electron chi connectivity index (χ3n) is 1.23. The summed E-state index contributed by atoms with van der Waals surface area (Å²) in [6.07, 6.45) is 1.07. The van der Waals surface area contributed by atoms with Gasteiger partial charge in [0.05, 0.1) is 4.92 Å². The number of amidine groups is 1. The SMILES string of the molecule is Cl.N=C(N)c1ccc([N+](=O)[O-])cn1. The highest BCUT2D eigenvalue weighted by molar-refractivity contribution is 5.93. The lowest BCUT2D eigenvalue weighted by atomic mass is 10.3. The van der Waals surface area contributed by atoms with Crippen LogP contribution in [0.4, 0.5) is 5.69 Å². The predicted molar refractivity (Wildman–Crippen MR) is 49.2 cm³/mol. The van der Waals surface area contributed by atoms with Crippen molar-refractivity contribution in [2.45, 2.75) is 0 Å². The summed E-state index contributed by atoms with van der Waals surface area (Å²) in [4.78, 5) is 13.2. The van der Waals surface area contributed by atoms with Gasteiger partial charge in [0.2, 0.25) is 0 Å². The Labute approximate surface area is 79.8 Å². The number of nitro groups is 1. The zero-order valence-electron chi connectivity index (χ0n) is 6.43. The Hall–Kier alpha value is -1.69. The third-order valence-corrected chi connectivity index (χ3v) is 1.23. The summed E-state index contributed by atoms with van der Waals surface area (Å²) in [5, 5.41) is 17.1. The van der Waals surface area contributed by atoms with Crippen molar-refractivity contribution in [3.05, 3.63) is 34.1 Å². The molecule has 13 heavy (non-hydrogen) atoms. The van der Waals surface area contributed by atoms with E-state index in [2.05, 4.69) is 4.98 Å². The quantitative estimate of drug-likeness (QED) is 0.319. The van der Waals surface area contributed by atoms with E-state index < -0.39 is 4.92 Å². The number of nitrogens with two attached hydrogens (primary N) is 1. The second-order valence-electron chi connectivity index (χ2n) is 2.07. The Morgan fingerprint density at radius 1 is 1.62 bits per heavy atom. The molecule has 0 saturated heterocycles. The van der Waals surface area contributed by atoms with Crippen LogP contribution in [0.5, 0.6) is 0 Å². The number of hydrogen-bond donors (Lipinski definition) is 2. The average molecular weight is 203 g/mol. The fraction of sp³-hybridized carbons (Fsp3) is 0. The van der Waals surface area contributed by atoms with Crippen molar-refractivity contribution in [1.29, 1.82) is 5.41 Å². The predicted octanol–water partition coefficient (Wildman–Crippen LogP) is 0.696. The second-order valence-corrected chi connectivity index (χ2v) is 2.07. The van der Waals surface area contributed by atoms with Crippen LogP contribution < -0.4 is 5.73 Å². The van der Waals surface area contributed by atoms with Crippen LogP contribution in [0.25, 0.3) is 0 Å². The molecular formula is C6H7ClN4O2. The molecule has 1 aromatic heterocycles. The van der Waals surface area contributed by atoms with E-state index in [0.29, 0.717) is 0 Å². The number of hydrogen-bond acceptors (Lipinski definition) is 4. The van der Waals surface area contributed by atoms with Gasteiger partial charge in [0.25, 0.3) is 5.69 Å². The molecule has 3 N–H and O–H groups in total. The summed E-state index contributed by atoms with van der Waals surface area (Å²) < 4.78 is 0. The van der Waals surface area contributed by atoms with Crippen LogP contribution in [-0.2, 0) is 0 Å². The molecule has 70 valence electrons. The normalized spacial score (nSPS) is 8.62. The number of rotatable bonds is 2. The van der Waals surface area contributed by atoms with Crippen molar-refractivity contribution in [1.82, 2.24) is 4.98 Å². The monoisotopic (exact) mass is 202 g/mol. The van der Waals surface area contributed by atoms with Gasteiger partial charge in [-0.1, -0.05) is 0 Å². The summed E-state index contributed by atoms with van der Waals surface area (Å²) in [6.45, 7) is 0. The minimum absolute atomic E-state index is 0. The molecule has 1 aromatic rings. The Morgan fingerprint density at radius 2 is 2.23 bits per heavy atom. The van der Waals surface area contributed by atoms with E-state index in [1.54, 1.807) is 0 Å². The molecule has 0 amide bonds. The highest BCUT2D eigenvalue weighted by atomic mass is 35.5. The van der Waals surface area contributed by atoms with Gasteiger partial charge in [-0.2, -0.15) is 0 Å². The van der Waals surface area contributed by atoms with Gasteiger partial charge in [0, 0.05) is 6.07 Å². The fourth-order valence-electron chi connectivity index (χ4n) is 0.653. The van der Waals surface area contributed by atoms with Crippen LogP contribution in [0.3, 0.4) is 0 Å². The van der Waals surface area contributed by atoms with Crippen LogP contribution in [0, 0.1) is 15.5 Å². The molecule has 0 radical (unpaired) electrons. The van der Waals surface area contributed by atoms with Gasteiger partial charge in [0.15, 0.2) is 0 Å². The van der Waals surface area contributed by atoms with Crippen LogP contribution in [0.15, 0.2) is 18.3 Å². The molecule has 0 unspecified atom stereocenters. The molecule has 6 nitrogen and oxygen atoms in total. The van der Waals surface area contributed by atoms with E-state index >= 15 is 0 Å². The number of pyridine rings is 1. The number of nitrogens with zero attached hydrogens (tertiary/aromatic N) is 2. The Bertz CT molecular complexity index is 291. The zero-order valence-corrected chi connectivity index (χ0v) is 7.25. The van der Waals surface area contributed by atoms with Crippen molar-refractivity contribution in [3.63, 3.8) is 0 Å². The van der Waals surface area contributed by atoms with Crippen LogP contribution in [-0.4, -0.2) is 15.7 Å².